The molecule has 2 nitrogen and oxygen atoms in total. The van der Waals surface area contributed by atoms with Gasteiger partial charge in [-0.25, -0.2) is 0 Å². The van der Waals surface area contributed by atoms with Crippen molar-refractivity contribution < 1.29 is 4.79 Å². The highest BCUT2D eigenvalue weighted by molar-refractivity contribution is 7.12. The number of hydrogen-bond acceptors (Lipinski definition) is 2. The molecule has 1 N–H and O–H groups in total. The molecular weight excluding hydrogens is 278 g/mol. The first-order valence-electron chi connectivity index (χ1n) is 8.46. The molecule has 0 radical (unpaired) electrons. The summed E-state index contributed by atoms with van der Waals surface area (Å²) in [4.78, 5) is 13.1. The van der Waals surface area contributed by atoms with Crippen molar-refractivity contribution in [1.82, 2.24) is 5.32 Å². The minimum absolute atomic E-state index is 0.132. The topological polar surface area (TPSA) is 29.1 Å². The second-order valence-electron chi connectivity index (χ2n) is 7.86. The van der Waals surface area contributed by atoms with Crippen molar-refractivity contribution in [3.05, 3.63) is 21.9 Å². The number of carbonyl (C=O) groups is 1. The summed E-state index contributed by atoms with van der Waals surface area (Å²) < 4.78 is 0. The maximum atomic E-state index is 12.2. The lowest BCUT2D eigenvalue weighted by atomic mass is 9.49. The number of rotatable bonds is 4. The first-order chi connectivity index (χ1) is 10.1. The van der Waals surface area contributed by atoms with Crippen LogP contribution in [-0.2, 0) is 0 Å². The van der Waals surface area contributed by atoms with Crippen molar-refractivity contribution >= 4 is 17.2 Å². The van der Waals surface area contributed by atoms with E-state index >= 15 is 0 Å². The highest BCUT2D eigenvalue weighted by atomic mass is 32.1. The van der Waals surface area contributed by atoms with E-state index in [1.54, 1.807) is 11.3 Å². The highest BCUT2D eigenvalue weighted by Gasteiger charge is 2.50. The Bertz CT molecular complexity index is 512. The van der Waals surface area contributed by atoms with Gasteiger partial charge in [-0.3, -0.25) is 4.79 Å². The van der Waals surface area contributed by atoms with Gasteiger partial charge >= 0.3 is 0 Å². The molecule has 1 heterocycles. The van der Waals surface area contributed by atoms with Gasteiger partial charge in [-0.15, -0.1) is 11.3 Å². The first kappa shape index (κ1) is 13.8. The van der Waals surface area contributed by atoms with Gasteiger partial charge in [0.2, 0.25) is 0 Å². The number of nitrogens with one attached hydrogen (secondary N) is 1. The van der Waals surface area contributed by atoms with Crippen LogP contribution in [0.4, 0.5) is 0 Å². The molecule has 4 aliphatic carbocycles. The third kappa shape index (κ3) is 2.54. The maximum Gasteiger partial charge on any atom is 0.261 e. The third-order valence-electron chi connectivity index (χ3n) is 6.17. The van der Waals surface area contributed by atoms with Crippen LogP contribution in [0.2, 0.25) is 0 Å². The summed E-state index contributed by atoms with van der Waals surface area (Å²) in [6, 6.07) is 2.03. The van der Waals surface area contributed by atoms with Crippen LogP contribution in [0.5, 0.6) is 0 Å². The monoisotopic (exact) mass is 303 g/mol. The van der Waals surface area contributed by atoms with Crippen LogP contribution in [0.15, 0.2) is 11.4 Å². The summed E-state index contributed by atoms with van der Waals surface area (Å²) in [5.41, 5.74) is 1.68. The van der Waals surface area contributed by atoms with Crippen LogP contribution in [0.1, 0.15) is 60.2 Å². The molecule has 3 heteroatoms. The van der Waals surface area contributed by atoms with E-state index in [-0.39, 0.29) is 5.91 Å². The zero-order valence-electron chi connectivity index (χ0n) is 12.9. The molecule has 4 saturated carbocycles. The quantitative estimate of drug-likeness (QED) is 0.878. The predicted octanol–water partition coefficient (Wildman–Crippen LogP) is 4.39. The van der Waals surface area contributed by atoms with Gasteiger partial charge in [-0.05, 0) is 92.0 Å². The molecular formula is C18H25NOS. The smallest absolute Gasteiger partial charge is 0.261 e. The Morgan fingerprint density at radius 1 is 1.24 bits per heavy atom. The van der Waals surface area contributed by atoms with Gasteiger partial charge in [0.15, 0.2) is 0 Å². The van der Waals surface area contributed by atoms with Crippen molar-refractivity contribution in [2.75, 3.05) is 6.54 Å². The van der Waals surface area contributed by atoms with Crippen molar-refractivity contribution in [3.63, 3.8) is 0 Å². The van der Waals surface area contributed by atoms with Crippen molar-refractivity contribution in [2.24, 2.45) is 23.2 Å². The standard InChI is InChI=1S/C18H25NOS/c1-12-2-5-21-16(12)17(20)19-4-3-18-9-13-6-14(10-18)8-15(7-13)11-18/h2,5,13-15H,3-4,6-11H2,1H3,(H,19,20). The third-order valence-corrected chi connectivity index (χ3v) is 7.19. The number of aryl methyl sites for hydroxylation is 1. The molecule has 5 rings (SSSR count). The largest absolute Gasteiger partial charge is 0.351 e. The van der Waals surface area contributed by atoms with Gasteiger partial charge in [-0.2, -0.15) is 0 Å². The average molecular weight is 303 g/mol. The number of hydrogen-bond donors (Lipinski definition) is 1. The second kappa shape index (κ2) is 5.12. The molecule has 4 aliphatic rings. The fourth-order valence-corrected chi connectivity index (χ4v) is 6.56. The number of thiophene rings is 1. The second-order valence-corrected chi connectivity index (χ2v) is 8.77. The lowest BCUT2D eigenvalue weighted by Gasteiger charge is -2.57. The van der Waals surface area contributed by atoms with E-state index in [4.69, 9.17) is 0 Å². The van der Waals surface area contributed by atoms with Gasteiger partial charge in [0.05, 0.1) is 4.88 Å². The molecule has 4 bridgehead atoms. The average Bonchev–Trinajstić information content (AvgIpc) is 2.83. The number of amides is 1. The molecule has 0 spiro atoms. The van der Waals surface area contributed by atoms with E-state index in [0.717, 1.165) is 34.7 Å². The molecule has 0 aliphatic heterocycles. The molecule has 0 aromatic carbocycles. The zero-order valence-corrected chi connectivity index (χ0v) is 13.7. The summed E-state index contributed by atoms with van der Waals surface area (Å²) in [6.45, 7) is 2.88. The summed E-state index contributed by atoms with van der Waals surface area (Å²) in [5.74, 6) is 3.15. The minimum Gasteiger partial charge on any atom is -0.351 e. The fourth-order valence-electron chi connectivity index (χ4n) is 5.72. The molecule has 1 aromatic heterocycles. The van der Waals surface area contributed by atoms with Gasteiger partial charge in [-0.1, -0.05) is 0 Å². The molecule has 0 unspecified atom stereocenters. The lowest BCUT2D eigenvalue weighted by Crippen LogP contribution is -2.47. The van der Waals surface area contributed by atoms with Crippen molar-refractivity contribution in [2.45, 2.75) is 51.9 Å². The predicted molar refractivity (Wildman–Crippen MR) is 86.6 cm³/mol. The molecule has 1 aromatic rings. The van der Waals surface area contributed by atoms with Crippen LogP contribution in [0.3, 0.4) is 0 Å². The van der Waals surface area contributed by atoms with Crippen LogP contribution in [0, 0.1) is 30.1 Å². The Labute approximate surface area is 131 Å². The van der Waals surface area contributed by atoms with E-state index in [2.05, 4.69) is 5.32 Å². The van der Waals surface area contributed by atoms with Crippen LogP contribution >= 0.6 is 11.3 Å². The Kier molecular flexibility index (Phi) is 3.36. The van der Waals surface area contributed by atoms with Crippen molar-refractivity contribution in [1.29, 1.82) is 0 Å². The summed E-state index contributed by atoms with van der Waals surface area (Å²) in [7, 11) is 0. The number of carbonyl (C=O) groups excluding carboxylic acids is 1. The van der Waals surface area contributed by atoms with E-state index < -0.39 is 0 Å². The van der Waals surface area contributed by atoms with E-state index in [0.29, 0.717) is 5.41 Å². The van der Waals surface area contributed by atoms with Crippen LogP contribution in [0.25, 0.3) is 0 Å². The highest BCUT2D eigenvalue weighted by Crippen LogP contribution is 2.61. The summed E-state index contributed by atoms with van der Waals surface area (Å²) in [5, 5.41) is 5.18. The van der Waals surface area contributed by atoms with Crippen LogP contribution < -0.4 is 5.32 Å². The Hall–Kier alpha value is -0.830. The normalized spacial score (nSPS) is 36.9. The molecule has 0 saturated heterocycles. The SMILES string of the molecule is Cc1ccsc1C(=O)NCCC12CC3CC(CC(C3)C1)C2. The van der Waals surface area contributed by atoms with E-state index in [9.17, 15) is 4.79 Å². The van der Waals surface area contributed by atoms with Gasteiger partial charge in [0, 0.05) is 6.54 Å². The summed E-state index contributed by atoms with van der Waals surface area (Å²) >= 11 is 1.56. The van der Waals surface area contributed by atoms with E-state index in [1.165, 1.54) is 44.9 Å². The molecule has 0 atom stereocenters. The Morgan fingerprint density at radius 3 is 2.38 bits per heavy atom. The van der Waals surface area contributed by atoms with Gasteiger partial charge in [0.25, 0.3) is 5.91 Å². The van der Waals surface area contributed by atoms with Crippen molar-refractivity contribution in [3.8, 4) is 0 Å². The van der Waals surface area contributed by atoms with Crippen LogP contribution in [-0.4, -0.2) is 12.5 Å². The Balaban J connectivity index is 1.35. The first-order valence-corrected chi connectivity index (χ1v) is 9.34. The molecule has 114 valence electrons. The van der Waals surface area contributed by atoms with Gasteiger partial charge < -0.3 is 5.32 Å². The maximum absolute atomic E-state index is 12.2. The minimum atomic E-state index is 0.132. The molecule has 4 fully saturated rings. The zero-order chi connectivity index (χ0) is 14.4. The van der Waals surface area contributed by atoms with E-state index in [1.807, 2.05) is 18.4 Å². The fraction of sp³-hybridized carbons (Fsp3) is 0.722. The Morgan fingerprint density at radius 2 is 1.86 bits per heavy atom. The lowest BCUT2D eigenvalue weighted by molar-refractivity contribution is -0.0564. The molecule has 21 heavy (non-hydrogen) atoms. The summed E-state index contributed by atoms with van der Waals surface area (Å²) in [6.07, 6.45) is 10.0. The van der Waals surface area contributed by atoms with Gasteiger partial charge in [0.1, 0.15) is 0 Å². The molecule has 1 amide bonds.